The minimum atomic E-state index is -0.240. The Bertz CT molecular complexity index is 881. The summed E-state index contributed by atoms with van der Waals surface area (Å²) in [6.07, 6.45) is 0. The SMILES string of the molecule is Cc1ccc2[nH]c3nc(SCC(=O)NC(C)(C)C)nnc3c2c1. The Kier molecular flexibility index (Phi) is 3.97. The molecule has 1 aromatic carbocycles. The average Bonchev–Trinajstić information content (AvgIpc) is 2.80. The third-order valence-electron chi connectivity index (χ3n) is 3.20. The zero-order valence-electron chi connectivity index (χ0n) is 13.6. The summed E-state index contributed by atoms with van der Waals surface area (Å²) in [5.74, 6) is 0.225. The highest BCUT2D eigenvalue weighted by atomic mass is 32.2. The number of nitrogens with one attached hydrogen (secondary N) is 2. The Labute approximate surface area is 138 Å². The molecule has 1 amide bonds. The van der Waals surface area contributed by atoms with Crippen molar-refractivity contribution >= 4 is 39.7 Å². The van der Waals surface area contributed by atoms with Crippen LogP contribution in [0.3, 0.4) is 0 Å². The van der Waals surface area contributed by atoms with Crippen molar-refractivity contribution in [3.63, 3.8) is 0 Å². The summed E-state index contributed by atoms with van der Waals surface area (Å²) < 4.78 is 0. The fourth-order valence-corrected chi connectivity index (χ4v) is 2.90. The molecule has 0 saturated heterocycles. The molecule has 3 rings (SSSR count). The van der Waals surface area contributed by atoms with Gasteiger partial charge in [-0.05, 0) is 39.8 Å². The summed E-state index contributed by atoms with van der Waals surface area (Å²) in [5, 5.41) is 12.8. The molecule has 0 aliphatic carbocycles. The lowest BCUT2D eigenvalue weighted by Crippen LogP contribution is -2.41. The van der Waals surface area contributed by atoms with Crippen LogP contribution in [0.25, 0.3) is 22.1 Å². The maximum Gasteiger partial charge on any atom is 0.230 e. The number of hydrogen-bond donors (Lipinski definition) is 2. The minimum absolute atomic E-state index is 0.0431. The van der Waals surface area contributed by atoms with Gasteiger partial charge in [-0.25, -0.2) is 4.98 Å². The number of carbonyl (C=O) groups excluding carboxylic acids is 1. The first-order chi connectivity index (χ1) is 10.8. The van der Waals surface area contributed by atoms with E-state index >= 15 is 0 Å². The number of nitrogens with zero attached hydrogens (tertiary/aromatic N) is 3. The van der Waals surface area contributed by atoms with Crippen molar-refractivity contribution < 1.29 is 4.79 Å². The molecule has 3 aromatic rings. The molecule has 0 bridgehead atoms. The Balaban J connectivity index is 1.81. The molecular weight excluding hydrogens is 310 g/mol. The van der Waals surface area contributed by atoms with Gasteiger partial charge in [0.1, 0.15) is 5.52 Å². The molecule has 0 aliphatic rings. The number of aryl methyl sites for hydroxylation is 1. The number of aromatic amines is 1. The second-order valence-corrected chi connectivity index (χ2v) is 7.49. The first-order valence-electron chi connectivity index (χ1n) is 7.38. The number of thioether (sulfide) groups is 1. The molecule has 2 heterocycles. The molecule has 7 heteroatoms. The van der Waals surface area contributed by atoms with Crippen LogP contribution in [0.1, 0.15) is 26.3 Å². The van der Waals surface area contributed by atoms with E-state index in [1.54, 1.807) is 0 Å². The fraction of sp³-hybridized carbons (Fsp3) is 0.375. The Morgan fingerprint density at radius 1 is 1.30 bits per heavy atom. The first kappa shape index (κ1) is 15.7. The van der Waals surface area contributed by atoms with Crippen molar-refractivity contribution in [1.82, 2.24) is 25.5 Å². The molecule has 23 heavy (non-hydrogen) atoms. The van der Waals surface area contributed by atoms with Gasteiger partial charge in [-0.1, -0.05) is 23.4 Å². The molecule has 0 unspecified atom stereocenters. The van der Waals surface area contributed by atoms with Gasteiger partial charge in [0.2, 0.25) is 11.1 Å². The number of aromatic nitrogens is 4. The predicted octanol–water partition coefficient (Wildman–Crippen LogP) is 2.82. The Morgan fingerprint density at radius 3 is 2.83 bits per heavy atom. The van der Waals surface area contributed by atoms with E-state index in [0.717, 1.165) is 22.0 Å². The summed E-state index contributed by atoms with van der Waals surface area (Å²) >= 11 is 1.28. The third kappa shape index (κ3) is 3.61. The van der Waals surface area contributed by atoms with Crippen molar-refractivity contribution in [2.75, 3.05) is 5.75 Å². The van der Waals surface area contributed by atoms with Crippen molar-refractivity contribution in [2.45, 2.75) is 38.4 Å². The van der Waals surface area contributed by atoms with E-state index in [2.05, 4.69) is 31.5 Å². The standard InChI is InChI=1S/C16H19N5OS/c1-9-5-6-11-10(7-9)13-14(17-11)18-15(21-20-13)23-8-12(22)19-16(2,3)4/h5-7H,8H2,1-4H3,(H,19,22)(H,17,18,21). The monoisotopic (exact) mass is 329 g/mol. The molecule has 0 radical (unpaired) electrons. The van der Waals surface area contributed by atoms with Gasteiger partial charge >= 0.3 is 0 Å². The zero-order chi connectivity index (χ0) is 16.6. The van der Waals surface area contributed by atoms with Gasteiger partial charge in [0, 0.05) is 16.4 Å². The Morgan fingerprint density at radius 2 is 2.09 bits per heavy atom. The highest BCUT2D eigenvalue weighted by molar-refractivity contribution is 7.99. The van der Waals surface area contributed by atoms with E-state index in [-0.39, 0.29) is 17.2 Å². The molecule has 0 atom stereocenters. The smallest absolute Gasteiger partial charge is 0.230 e. The third-order valence-corrected chi connectivity index (χ3v) is 4.04. The molecule has 0 spiro atoms. The quantitative estimate of drug-likeness (QED) is 0.722. The van der Waals surface area contributed by atoms with Crippen LogP contribution >= 0.6 is 11.8 Å². The number of carbonyl (C=O) groups is 1. The van der Waals surface area contributed by atoms with Crippen LogP contribution < -0.4 is 5.32 Å². The summed E-state index contributed by atoms with van der Waals surface area (Å²) in [5.41, 5.74) is 3.36. The summed E-state index contributed by atoms with van der Waals surface area (Å²) in [6.45, 7) is 7.89. The second-order valence-electron chi connectivity index (χ2n) is 6.55. The van der Waals surface area contributed by atoms with Crippen LogP contribution in [0.2, 0.25) is 0 Å². The molecule has 120 valence electrons. The second kappa shape index (κ2) is 5.81. The van der Waals surface area contributed by atoms with Gasteiger partial charge in [-0.15, -0.1) is 10.2 Å². The molecule has 0 saturated carbocycles. The fourth-order valence-electron chi connectivity index (χ4n) is 2.32. The van der Waals surface area contributed by atoms with Crippen molar-refractivity contribution in [2.24, 2.45) is 0 Å². The number of rotatable bonds is 3. The molecule has 6 nitrogen and oxygen atoms in total. The van der Waals surface area contributed by atoms with E-state index in [4.69, 9.17) is 0 Å². The summed E-state index contributed by atoms with van der Waals surface area (Å²) in [6, 6.07) is 6.11. The van der Waals surface area contributed by atoms with E-state index < -0.39 is 0 Å². The van der Waals surface area contributed by atoms with Gasteiger partial charge in [0.05, 0.1) is 5.75 Å². The largest absolute Gasteiger partial charge is 0.351 e. The molecule has 0 fully saturated rings. The van der Waals surface area contributed by atoms with Gasteiger partial charge < -0.3 is 10.3 Å². The van der Waals surface area contributed by atoms with Crippen LogP contribution in [0.15, 0.2) is 23.4 Å². The normalized spacial score (nSPS) is 12.0. The minimum Gasteiger partial charge on any atom is -0.351 e. The van der Waals surface area contributed by atoms with E-state index in [1.165, 1.54) is 11.8 Å². The zero-order valence-corrected chi connectivity index (χ0v) is 14.4. The van der Waals surface area contributed by atoms with E-state index in [9.17, 15) is 4.79 Å². The number of hydrogen-bond acceptors (Lipinski definition) is 5. The van der Waals surface area contributed by atoms with E-state index in [0.29, 0.717) is 10.8 Å². The lowest BCUT2D eigenvalue weighted by molar-refractivity contribution is -0.119. The molecule has 0 aliphatic heterocycles. The van der Waals surface area contributed by atoms with Gasteiger partial charge in [0.15, 0.2) is 5.65 Å². The van der Waals surface area contributed by atoms with Crippen molar-refractivity contribution in [3.8, 4) is 0 Å². The van der Waals surface area contributed by atoms with Gasteiger partial charge in [-0.2, -0.15) is 0 Å². The summed E-state index contributed by atoms with van der Waals surface area (Å²) in [4.78, 5) is 19.6. The topological polar surface area (TPSA) is 83.6 Å². The van der Waals surface area contributed by atoms with Crippen LogP contribution in [-0.2, 0) is 4.79 Å². The van der Waals surface area contributed by atoms with Crippen molar-refractivity contribution in [3.05, 3.63) is 23.8 Å². The van der Waals surface area contributed by atoms with Crippen LogP contribution in [0.5, 0.6) is 0 Å². The number of fused-ring (bicyclic) bond motifs is 3. The predicted molar refractivity (Wildman–Crippen MR) is 92.5 cm³/mol. The molecule has 2 N–H and O–H groups in total. The number of benzene rings is 1. The van der Waals surface area contributed by atoms with Gasteiger partial charge in [0.25, 0.3) is 0 Å². The van der Waals surface area contributed by atoms with E-state index in [1.807, 2.05) is 39.8 Å². The lowest BCUT2D eigenvalue weighted by Gasteiger charge is -2.20. The number of H-pyrrole nitrogens is 1. The summed E-state index contributed by atoms with van der Waals surface area (Å²) in [7, 11) is 0. The van der Waals surface area contributed by atoms with Crippen LogP contribution in [0, 0.1) is 6.92 Å². The maximum absolute atomic E-state index is 11.9. The van der Waals surface area contributed by atoms with Crippen LogP contribution in [0.4, 0.5) is 0 Å². The maximum atomic E-state index is 11.9. The number of amides is 1. The molecular formula is C16H19N5OS. The van der Waals surface area contributed by atoms with Gasteiger partial charge in [-0.3, -0.25) is 4.79 Å². The highest BCUT2D eigenvalue weighted by Gasteiger charge is 2.15. The Hall–Kier alpha value is -2.15. The average molecular weight is 329 g/mol. The lowest BCUT2D eigenvalue weighted by atomic mass is 10.1. The molecule has 2 aromatic heterocycles. The first-order valence-corrected chi connectivity index (χ1v) is 8.37. The van der Waals surface area contributed by atoms with Crippen LogP contribution in [-0.4, -0.2) is 37.4 Å². The van der Waals surface area contributed by atoms with Crippen molar-refractivity contribution in [1.29, 1.82) is 0 Å². The highest BCUT2D eigenvalue weighted by Crippen LogP contribution is 2.24.